The van der Waals surface area contributed by atoms with E-state index in [4.69, 9.17) is 9.47 Å². The van der Waals surface area contributed by atoms with E-state index in [1.54, 1.807) is 0 Å². The topological polar surface area (TPSA) is 18.5 Å². The Balaban J connectivity index is 1.34. The maximum Gasteiger partial charge on any atom is 0.204 e. The van der Waals surface area contributed by atoms with Crippen LogP contribution in [0, 0.1) is 35.3 Å². The van der Waals surface area contributed by atoms with E-state index >= 15 is 0 Å². The van der Waals surface area contributed by atoms with Crippen LogP contribution in [0.4, 0.5) is 8.78 Å². The van der Waals surface area contributed by atoms with Crippen LogP contribution in [0.1, 0.15) is 84.0 Å². The Labute approximate surface area is 187 Å². The molecular formula is C27H40F2O2. The lowest BCUT2D eigenvalue weighted by atomic mass is 9.68. The minimum Gasteiger partial charge on any atom is -0.494 e. The van der Waals surface area contributed by atoms with Gasteiger partial charge in [-0.3, -0.25) is 0 Å². The van der Waals surface area contributed by atoms with Crippen molar-refractivity contribution in [3.05, 3.63) is 35.9 Å². The molecule has 2 nitrogen and oxygen atoms in total. The molecule has 0 aliphatic heterocycles. The molecule has 2 saturated carbocycles. The summed E-state index contributed by atoms with van der Waals surface area (Å²) in [6, 6.07) is 2.80. The van der Waals surface area contributed by atoms with Crippen molar-refractivity contribution in [2.75, 3.05) is 13.7 Å². The standard InChI is InChI=1S/C27H40F2O2/c1-3-4-5-7-20-9-13-22(14-10-20)23-15-11-21(12-16-23)8-6-19-31-25-18-17-24(30-2)26(28)27(25)29/h6,8,17-18,20-23H,3-5,7,9-16,19H2,1-2H3/b8-6+/t20-,21?,22-,23?. The molecule has 3 rings (SSSR count). The largest absolute Gasteiger partial charge is 0.494 e. The maximum absolute atomic E-state index is 13.9. The quantitative estimate of drug-likeness (QED) is 0.273. The summed E-state index contributed by atoms with van der Waals surface area (Å²) < 4.78 is 37.9. The van der Waals surface area contributed by atoms with Crippen LogP contribution in [0.3, 0.4) is 0 Å². The molecule has 0 radical (unpaired) electrons. The number of benzene rings is 1. The Hall–Kier alpha value is -1.58. The van der Waals surface area contributed by atoms with Crippen molar-refractivity contribution in [1.82, 2.24) is 0 Å². The predicted molar refractivity (Wildman–Crippen MR) is 123 cm³/mol. The van der Waals surface area contributed by atoms with Gasteiger partial charge in [-0.2, -0.15) is 8.78 Å². The van der Waals surface area contributed by atoms with E-state index in [1.165, 1.54) is 96.3 Å². The highest BCUT2D eigenvalue weighted by Crippen LogP contribution is 2.42. The molecule has 2 fully saturated rings. The van der Waals surface area contributed by atoms with Crippen LogP contribution in [0.25, 0.3) is 0 Å². The fraction of sp³-hybridized carbons (Fsp3) is 0.704. The van der Waals surface area contributed by atoms with Crippen molar-refractivity contribution < 1.29 is 18.3 Å². The van der Waals surface area contributed by atoms with E-state index < -0.39 is 11.6 Å². The van der Waals surface area contributed by atoms with Gasteiger partial charge in [0.15, 0.2) is 11.5 Å². The minimum absolute atomic E-state index is 0.0723. The lowest BCUT2D eigenvalue weighted by molar-refractivity contribution is 0.151. The molecule has 1 aromatic rings. The molecule has 0 spiro atoms. The van der Waals surface area contributed by atoms with Crippen LogP contribution in [0.2, 0.25) is 0 Å². The molecule has 0 amide bonds. The summed E-state index contributed by atoms with van der Waals surface area (Å²) in [5.74, 6) is 1.26. The van der Waals surface area contributed by atoms with Crippen LogP contribution >= 0.6 is 0 Å². The first-order valence-electron chi connectivity index (χ1n) is 12.4. The van der Waals surface area contributed by atoms with Gasteiger partial charge in [0.2, 0.25) is 11.6 Å². The summed E-state index contributed by atoms with van der Waals surface area (Å²) in [5, 5.41) is 0. The molecule has 2 aliphatic rings. The molecule has 0 N–H and O–H groups in total. The molecular weight excluding hydrogens is 394 g/mol. The number of allylic oxidation sites excluding steroid dienone is 1. The zero-order valence-electron chi connectivity index (χ0n) is 19.4. The van der Waals surface area contributed by atoms with Gasteiger partial charge in [-0.25, -0.2) is 0 Å². The van der Waals surface area contributed by atoms with Gasteiger partial charge < -0.3 is 9.47 Å². The monoisotopic (exact) mass is 434 g/mol. The van der Waals surface area contributed by atoms with Crippen molar-refractivity contribution in [3.8, 4) is 11.5 Å². The maximum atomic E-state index is 13.9. The third-order valence-corrected chi connectivity index (χ3v) is 7.57. The first-order chi connectivity index (χ1) is 15.1. The van der Waals surface area contributed by atoms with E-state index in [1.807, 2.05) is 6.08 Å². The minimum atomic E-state index is -1.00. The van der Waals surface area contributed by atoms with Crippen LogP contribution in [-0.4, -0.2) is 13.7 Å². The second-order valence-corrected chi connectivity index (χ2v) is 9.58. The van der Waals surface area contributed by atoms with Crippen molar-refractivity contribution in [2.24, 2.45) is 23.7 Å². The van der Waals surface area contributed by atoms with Crippen molar-refractivity contribution >= 4 is 0 Å². The summed E-state index contributed by atoms with van der Waals surface area (Å²) >= 11 is 0. The molecule has 0 heterocycles. The summed E-state index contributed by atoms with van der Waals surface area (Å²) in [4.78, 5) is 0. The van der Waals surface area contributed by atoms with Crippen LogP contribution in [-0.2, 0) is 0 Å². The van der Waals surface area contributed by atoms with Gasteiger partial charge in [-0.05, 0) is 74.3 Å². The Morgan fingerprint density at radius 2 is 1.48 bits per heavy atom. The van der Waals surface area contributed by atoms with Gasteiger partial charge in [0.25, 0.3) is 0 Å². The van der Waals surface area contributed by atoms with Gasteiger partial charge in [-0.1, -0.05) is 57.6 Å². The van der Waals surface area contributed by atoms with Gasteiger partial charge >= 0.3 is 0 Å². The lowest BCUT2D eigenvalue weighted by Crippen LogP contribution is -2.25. The molecule has 174 valence electrons. The fourth-order valence-electron chi connectivity index (χ4n) is 5.61. The van der Waals surface area contributed by atoms with E-state index in [9.17, 15) is 8.78 Å². The molecule has 0 atom stereocenters. The van der Waals surface area contributed by atoms with E-state index in [-0.39, 0.29) is 18.1 Å². The molecule has 4 heteroatoms. The number of methoxy groups -OCH3 is 1. The van der Waals surface area contributed by atoms with Gasteiger partial charge in [0.1, 0.15) is 6.61 Å². The highest BCUT2D eigenvalue weighted by molar-refractivity contribution is 5.35. The zero-order valence-corrected chi connectivity index (χ0v) is 19.4. The normalized spacial score (nSPS) is 26.8. The summed E-state index contributed by atoms with van der Waals surface area (Å²) in [5.41, 5.74) is 0. The first-order valence-corrected chi connectivity index (χ1v) is 12.4. The molecule has 31 heavy (non-hydrogen) atoms. The van der Waals surface area contributed by atoms with Crippen LogP contribution < -0.4 is 9.47 Å². The molecule has 0 saturated heterocycles. The van der Waals surface area contributed by atoms with Gasteiger partial charge in [0.05, 0.1) is 7.11 Å². The Morgan fingerprint density at radius 3 is 2.13 bits per heavy atom. The first kappa shape index (κ1) is 24.1. The number of rotatable bonds is 10. The van der Waals surface area contributed by atoms with Crippen molar-refractivity contribution in [3.63, 3.8) is 0 Å². The predicted octanol–water partition coefficient (Wildman–Crippen LogP) is 8.10. The number of halogens is 2. The second kappa shape index (κ2) is 12.5. The number of ether oxygens (including phenoxy) is 2. The molecule has 2 aliphatic carbocycles. The average molecular weight is 435 g/mol. The highest BCUT2D eigenvalue weighted by atomic mass is 19.2. The average Bonchev–Trinajstić information content (AvgIpc) is 2.80. The zero-order chi connectivity index (χ0) is 22.1. The van der Waals surface area contributed by atoms with Crippen molar-refractivity contribution in [2.45, 2.75) is 84.0 Å². The molecule has 1 aromatic carbocycles. The molecule has 0 bridgehead atoms. The van der Waals surface area contributed by atoms with E-state index in [0.717, 1.165) is 17.8 Å². The lowest BCUT2D eigenvalue weighted by Gasteiger charge is -2.37. The Kier molecular flexibility index (Phi) is 9.67. The molecule has 0 unspecified atom stereocenters. The smallest absolute Gasteiger partial charge is 0.204 e. The number of hydrogen-bond donors (Lipinski definition) is 0. The Bertz CT molecular complexity index is 687. The van der Waals surface area contributed by atoms with Crippen LogP contribution in [0.15, 0.2) is 24.3 Å². The van der Waals surface area contributed by atoms with E-state index in [0.29, 0.717) is 5.92 Å². The third-order valence-electron chi connectivity index (χ3n) is 7.57. The summed E-state index contributed by atoms with van der Waals surface area (Å²) in [7, 11) is 1.31. The summed E-state index contributed by atoms with van der Waals surface area (Å²) in [6.07, 6.45) is 20.7. The van der Waals surface area contributed by atoms with Gasteiger partial charge in [-0.15, -0.1) is 0 Å². The fourth-order valence-corrected chi connectivity index (χ4v) is 5.61. The van der Waals surface area contributed by atoms with Crippen molar-refractivity contribution in [1.29, 1.82) is 0 Å². The number of unbranched alkanes of at least 4 members (excludes halogenated alkanes) is 2. The van der Waals surface area contributed by atoms with E-state index in [2.05, 4.69) is 13.0 Å². The second-order valence-electron chi connectivity index (χ2n) is 9.58. The summed E-state index contributed by atoms with van der Waals surface area (Å²) in [6.45, 7) is 2.54. The Morgan fingerprint density at radius 1 is 0.871 bits per heavy atom. The molecule has 0 aromatic heterocycles. The highest BCUT2D eigenvalue weighted by Gasteiger charge is 2.30. The SMILES string of the molecule is CCCCC[C@H]1CC[C@H](C2CCC(/C=C/COc3ccc(OC)c(F)c3F)CC2)CC1. The van der Waals surface area contributed by atoms with Crippen LogP contribution in [0.5, 0.6) is 11.5 Å². The number of hydrogen-bond acceptors (Lipinski definition) is 2. The third kappa shape index (κ3) is 6.95. The van der Waals surface area contributed by atoms with Gasteiger partial charge in [0, 0.05) is 0 Å².